The van der Waals surface area contributed by atoms with E-state index in [1.807, 2.05) is 36.4 Å². The minimum absolute atomic E-state index is 0.0515. The number of anilines is 2. The van der Waals surface area contributed by atoms with Crippen LogP contribution in [-0.4, -0.2) is 40.8 Å². The average molecular weight is 425 g/mol. The van der Waals surface area contributed by atoms with Crippen LogP contribution in [0.3, 0.4) is 0 Å². The van der Waals surface area contributed by atoms with E-state index in [0.29, 0.717) is 5.69 Å². The summed E-state index contributed by atoms with van der Waals surface area (Å²) in [5.74, 6) is 0.773. The van der Waals surface area contributed by atoms with E-state index in [-0.39, 0.29) is 16.7 Å². The van der Waals surface area contributed by atoms with Crippen molar-refractivity contribution >= 4 is 28.0 Å². The molecule has 0 aliphatic carbocycles. The van der Waals surface area contributed by atoms with E-state index in [0.717, 1.165) is 41.8 Å². The number of non-ortho nitro benzene ring substituents is 1. The highest BCUT2D eigenvalue weighted by Gasteiger charge is 2.27. The van der Waals surface area contributed by atoms with E-state index >= 15 is 0 Å². The third-order valence-corrected chi connectivity index (χ3v) is 6.02. The molecule has 1 aliphatic heterocycles. The Hall–Kier alpha value is -4.00. The van der Waals surface area contributed by atoms with Crippen LogP contribution in [0.2, 0.25) is 0 Å². The van der Waals surface area contributed by atoms with Gasteiger partial charge < -0.3 is 9.80 Å². The summed E-state index contributed by atoms with van der Waals surface area (Å²) in [4.78, 5) is 15.7. The summed E-state index contributed by atoms with van der Waals surface area (Å²) in [6.07, 6.45) is 0. The number of hydrogen-bond acceptors (Lipinski definition) is 6. The number of nitro benzene ring substituents is 1. The van der Waals surface area contributed by atoms with Crippen LogP contribution in [0.25, 0.3) is 22.0 Å². The Morgan fingerprint density at radius 3 is 2.31 bits per heavy atom. The largest absolute Gasteiger partial charge is 0.368 e. The molecule has 1 aliphatic rings. The molecule has 1 fully saturated rings. The summed E-state index contributed by atoms with van der Waals surface area (Å²) in [5, 5.41) is 22.2. The van der Waals surface area contributed by atoms with Crippen molar-refractivity contribution in [2.45, 2.75) is 13.0 Å². The van der Waals surface area contributed by atoms with E-state index in [4.69, 9.17) is 0 Å². The second-order valence-electron chi connectivity index (χ2n) is 8.05. The molecule has 5 rings (SSSR count). The summed E-state index contributed by atoms with van der Waals surface area (Å²) in [7, 11) is 0. The van der Waals surface area contributed by atoms with E-state index in [1.54, 1.807) is 18.2 Å². The van der Waals surface area contributed by atoms with Crippen molar-refractivity contribution < 1.29 is 4.92 Å². The van der Waals surface area contributed by atoms with Crippen LogP contribution in [0.1, 0.15) is 6.92 Å². The predicted molar refractivity (Wildman–Crippen MR) is 127 cm³/mol. The normalized spacial score (nSPS) is 16.3. The average Bonchev–Trinajstić information content (AvgIpc) is 2.84. The van der Waals surface area contributed by atoms with Crippen LogP contribution in [0, 0.1) is 10.1 Å². The molecule has 0 N–H and O–H groups in total. The molecule has 3 aromatic carbocycles. The molecule has 160 valence electrons. The number of para-hydroxylation sites is 1. The molecule has 4 aromatic rings. The molecule has 32 heavy (non-hydrogen) atoms. The second-order valence-corrected chi connectivity index (χ2v) is 8.05. The first kappa shape index (κ1) is 19.9. The molecule has 0 amide bonds. The van der Waals surface area contributed by atoms with Gasteiger partial charge in [0.1, 0.15) is 5.69 Å². The van der Waals surface area contributed by atoms with Gasteiger partial charge in [0.05, 0.1) is 4.92 Å². The fraction of sp³-hybridized carbons (Fsp3) is 0.200. The number of benzene rings is 3. The summed E-state index contributed by atoms with van der Waals surface area (Å²) in [6.45, 7) is 4.70. The van der Waals surface area contributed by atoms with Gasteiger partial charge in [-0.25, -0.2) is 0 Å². The molecule has 2 heterocycles. The van der Waals surface area contributed by atoms with E-state index in [1.165, 1.54) is 5.69 Å². The van der Waals surface area contributed by atoms with Crippen LogP contribution in [-0.2, 0) is 0 Å². The van der Waals surface area contributed by atoms with Crippen LogP contribution in [0.4, 0.5) is 17.2 Å². The van der Waals surface area contributed by atoms with E-state index < -0.39 is 0 Å². The standard InChI is InChI=1S/C25H23N5O2/c1-18-17-28(20-10-6-3-7-11-20)14-15-29(18)25-22-13-12-21(30(31)32)16-23(22)24(26-27-25)19-8-4-2-5-9-19/h2-13,16,18H,14-15,17H2,1H3. The molecule has 0 spiro atoms. The molecule has 1 saturated heterocycles. The Kier molecular flexibility index (Phi) is 5.15. The van der Waals surface area contributed by atoms with Gasteiger partial charge in [-0.1, -0.05) is 48.5 Å². The molecule has 0 radical (unpaired) electrons. The van der Waals surface area contributed by atoms with E-state index in [9.17, 15) is 10.1 Å². The second kappa shape index (κ2) is 8.26. The first-order valence-corrected chi connectivity index (χ1v) is 10.7. The maximum atomic E-state index is 11.5. The Balaban J connectivity index is 1.56. The van der Waals surface area contributed by atoms with Gasteiger partial charge in [-0.15, -0.1) is 10.2 Å². The zero-order chi connectivity index (χ0) is 22.1. The van der Waals surface area contributed by atoms with Gasteiger partial charge in [0.15, 0.2) is 5.82 Å². The van der Waals surface area contributed by atoms with Crippen molar-refractivity contribution in [3.05, 3.63) is 89.0 Å². The number of piperazine rings is 1. The van der Waals surface area contributed by atoms with Crippen LogP contribution in [0.15, 0.2) is 78.9 Å². The molecule has 0 bridgehead atoms. The number of rotatable bonds is 4. The maximum absolute atomic E-state index is 11.5. The minimum atomic E-state index is -0.366. The van der Waals surface area contributed by atoms with Gasteiger partial charge in [0.2, 0.25) is 0 Å². The smallest absolute Gasteiger partial charge is 0.270 e. The first-order valence-electron chi connectivity index (χ1n) is 10.7. The Morgan fingerprint density at radius 1 is 0.906 bits per heavy atom. The Labute approximate surface area is 186 Å². The number of aromatic nitrogens is 2. The topological polar surface area (TPSA) is 75.4 Å². The van der Waals surface area contributed by atoms with Gasteiger partial charge in [-0.05, 0) is 25.1 Å². The lowest BCUT2D eigenvalue weighted by molar-refractivity contribution is -0.384. The lowest BCUT2D eigenvalue weighted by Crippen LogP contribution is -2.52. The monoisotopic (exact) mass is 425 g/mol. The van der Waals surface area contributed by atoms with Crippen molar-refractivity contribution in [1.82, 2.24) is 10.2 Å². The van der Waals surface area contributed by atoms with Crippen molar-refractivity contribution in [2.75, 3.05) is 29.4 Å². The summed E-state index contributed by atoms with van der Waals surface area (Å²) in [5.41, 5.74) is 2.81. The highest BCUT2D eigenvalue weighted by Crippen LogP contribution is 2.35. The van der Waals surface area contributed by atoms with Crippen molar-refractivity contribution in [3.8, 4) is 11.3 Å². The number of hydrogen-bond donors (Lipinski definition) is 0. The fourth-order valence-electron chi connectivity index (χ4n) is 4.41. The summed E-state index contributed by atoms with van der Waals surface area (Å²) in [6, 6.07) is 25.3. The highest BCUT2D eigenvalue weighted by atomic mass is 16.6. The van der Waals surface area contributed by atoms with Gasteiger partial charge >= 0.3 is 0 Å². The van der Waals surface area contributed by atoms with Crippen LogP contribution >= 0.6 is 0 Å². The molecular weight excluding hydrogens is 402 g/mol. The van der Waals surface area contributed by atoms with Gasteiger partial charge in [0, 0.05) is 59.8 Å². The SMILES string of the molecule is CC1CN(c2ccccc2)CCN1c1nnc(-c2ccccc2)c2cc([N+](=O)[O-])ccc12. The number of nitrogens with zero attached hydrogens (tertiary/aromatic N) is 5. The zero-order valence-corrected chi connectivity index (χ0v) is 17.8. The first-order chi connectivity index (χ1) is 15.6. The zero-order valence-electron chi connectivity index (χ0n) is 17.8. The van der Waals surface area contributed by atoms with Gasteiger partial charge in [-0.3, -0.25) is 10.1 Å². The van der Waals surface area contributed by atoms with Crippen LogP contribution in [0.5, 0.6) is 0 Å². The van der Waals surface area contributed by atoms with Gasteiger partial charge in [0.25, 0.3) is 5.69 Å². The molecule has 1 aromatic heterocycles. The Morgan fingerprint density at radius 2 is 1.62 bits per heavy atom. The molecule has 7 heteroatoms. The molecule has 1 atom stereocenters. The molecular formula is C25H23N5O2. The van der Waals surface area contributed by atoms with Gasteiger partial charge in [-0.2, -0.15) is 0 Å². The predicted octanol–water partition coefficient (Wildman–Crippen LogP) is 4.92. The lowest BCUT2D eigenvalue weighted by Gasteiger charge is -2.41. The number of nitro groups is 1. The number of fused-ring (bicyclic) bond motifs is 1. The molecule has 0 saturated carbocycles. The third-order valence-electron chi connectivity index (χ3n) is 6.02. The Bertz CT molecular complexity index is 1260. The lowest BCUT2D eigenvalue weighted by atomic mass is 10.0. The van der Waals surface area contributed by atoms with E-state index in [2.05, 4.69) is 51.2 Å². The highest BCUT2D eigenvalue weighted by molar-refractivity contribution is 6.01. The summed E-state index contributed by atoms with van der Waals surface area (Å²) >= 11 is 0. The quantitative estimate of drug-likeness (QED) is 0.341. The minimum Gasteiger partial charge on any atom is -0.368 e. The molecule has 7 nitrogen and oxygen atoms in total. The van der Waals surface area contributed by atoms with Crippen LogP contribution < -0.4 is 9.80 Å². The molecule has 1 unspecified atom stereocenters. The third kappa shape index (κ3) is 3.62. The van der Waals surface area contributed by atoms with Crippen molar-refractivity contribution in [3.63, 3.8) is 0 Å². The fourth-order valence-corrected chi connectivity index (χ4v) is 4.41. The van der Waals surface area contributed by atoms with Crippen molar-refractivity contribution in [1.29, 1.82) is 0 Å². The summed E-state index contributed by atoms with van der Waals surface area (Å²) < 4.78 is 0. The van der Waals surface area contributed by atoms with Crippen molar-refractivity contribution in [2.24, 2.45) is 0 Å². The maximum Gasteiger partial charge on any atom is 0.270 e.